The monoisotopic (exact) mass is 680 g/mol. The molecule has 1 aliphatic carbocycles. The number of fused-ring (bicyclic) bond motifs is 8. The van der Waals surface area contributed by atoms with E-state index in [2.05, 4.69) is 84.3 Å². The fourth-order valence-corrected chi connectivity index (χ4v) is 9.76. The molecule has 0 unspecified atom stereocenters. The average Bonchev–Trinajstić information content (AvgIpc) is 3.48. The van der Waals surface area contributed by atoms with Crippen molar-refractivity contribution in [1.82, 2.24) is 0 Å². The fourth-order valence-electron chi connectivity index (χ4n) is 9.76. The van der Waals surface area contributed by atoms with Crippen molar-refractivity contribution in [3.8, 4) is 16.9 Å². The number of hydrogen-bond donors (Lipinski definition) is 0. The molecule has 0 amide bonds. The first-order valence-corrected chi connectivity index (χ1v) is 19.1. The topological polar surface area (TPSA) is 15.7 Å². The largest absolute Gasteiger partial charge is 0.472 e. The summed E-state index contributed by atoms with van der Waals surface area (Å²) in [6.07, 6.45) is 13.5. The van der Waals surface area contributed by atoms with Crippen molar-refractivity contribution in [2.75, 3.05) is 36.0 Å². The van der Waals surface area contributed by atoms with Gasteiger partial charge in [0.15, 0.2) is 5.60 Å². The molecule has 4 aliphatic rings. The lowest BCUT2D eigenvalue weighted by atomic mass is 9.71. The van der Waals surface area contributed by atoms with Crippen LogP contribution in [0.15, 0.2) is 91.0 Å². The Labute approximate surface area is 300 Å². The molecule has 5 aromatic rings. The van der Waals surface area contributed by atoms with Crippen LogP contribution in [0.5, 0.6) is 5.75 Å². The maximum atomic E-state index is 15.3. The first-order valence-electron chi connectivity index (χ1n) is 19.1. The van der Waals surface area contributed by atoms with E-state index < -0.39 is 11.0 Å². The van der Waals surface area contributed by atoms with Gasteiger partial charge in [0.05, 0.1) is 0 Å². The molecule has 0 atom stereocenters. The van der Waals surface area contributed by atoms with Crippen LogP contribution in [0.2, 0.25) is 0 Å². The Hall–Kier alpha value is -4.64. The molecule has 260 valence electrons. The van der Waals surface area contributed by atoms with Gasteiger partial charge in [-0.3, -0.25) is 0 Å². The van der Waals surface area contributed by atoms with E-state index in [4.69, 9.17) is 4.74 Å². The van der Waals surface area contributed by atoms with Crippen LogP contribution in [0.4, 0.5) is 20.2 Å². The standard InChI is InChI=1S/C46H46F2N2O/c1-3-45(4-2)41-30-34(48)16-22-38(41)42-37-21-15-33(47)29-40(37)44-39(43(42)45)23-24-46(51-44,31-11-17-35(18-12-31)49-25-7-5-8-26-49)32-13-19-36(20-14-32)50-27-9-6-10-28-50/h11-24,29-30H,3-10,25-28H2,1-2H3. The Kier molecular flexibility index (Phi) is 7.94. The Morgan fingerprint density at radius 2 is 1.18 bits per heavy atom. The minimum Gasteiger partial charge on any atom is -0.472 e. The summed E-state index contributed by atoms with van der Waals surface area (Å²) < 4.78 is 37.8. The molecule has 5 heteroatoms. The highest BCUT2D eigenvalue weighted by molar-refractivity contribution is 6.08. The molecule has 0 bridgehead atoms. The molecule has 0 saturated carbocycles. The molecule has 3 heterocycles. The van der Waals surface area contributed by atoms with Crippen LogP contribution in [0.1, 0.15) is 93.0 Å². The van der Waals surface area contributed by atoms with Crippen LogP contribution >= 0.6 is 0 Å². The SMILES string of the molecule is CCC1(CC)c2cc(F)ccc2-c2c1c1c(c3cc(F)ccc23)OC(c2ccc(N3CCCCC3)cc2)(c2ccc(N3CCCCC3)cc2)C=C1. The summed E-state index contributed by atoms with van der Waals surface area (Å²) in [6.45, 7) is 8.71. The van der Waals surface area contributed by atoms with E-state index >= 15 is 4.39 Å². The summed E-state index contributed by atoms with van der Waals surface area (Å²) in [7, 11) is 0. The van der Waals surface area contributed by atoms with Gasteiger partial charge in [-0.25, -0.2) is 8.78 Å². The van der Waals surface area contributed by atoms with E-state index in [0.29, 0.717) is 5.75 Å². The van der Waals surface area contributed by atoms with Crippen molar-refractivity contribution in [3.63, 3.8) is 0 Å². The predicted molar refractivity (Wildman–Crippen MR) is 206 cm³/mol. The molecule has 3 nitrogen and oxygen atoms in total. The first kappa shape index (κ1) is 32.3. The Morgan fingerprint density at radius 3 is 1.75 bits per heavy atom. The number of ether oxygens (including phenoxy) is 1. The molecule has 2 fully saturated rings. The zero-order valence-corrected chi connectivity index (χ0v) is 29.8. The zero-order valence-electron chi connectivity index (χ0n) is 29.8. The van der Waals surface area contributed by atoms with Crippen molar-refractivity contribution in [1.29, 1.82) is 0 Å². The maximum absolute atomic E-state index is 15.3. The summed E-state index contributed by atoms with van der Waals surface area (Å²) in [5, 5.41) is 1.68. The van der Waals surface area contributed by atoms with Gasteiger partial charge in [-0.15, -0.1) is 0 Å². The van der Waals surface area contributed by atoms with Crippen LogP contribution in [0.3, 0.4) is 0 Å². The summed E-state index contributed by atoms with van der Waals surface area (Å²) in [5.74, 6) is 0.147. The van der Waals surface area contributed by atoms with Gasteiger partial charge in [0.2, 0.25) is 0 Å². The van der Waals surface area contributed by atoms with Gasteiger partial charge in [-0.05, 0) is 134 Å². The molecule has 0 radical (unpaired) electrons. The van der Waals surface area contributed by atoms with Gasteiger partial charge < -0.3 is 14.5 Å². The van der Waals surface area contributed by atoms with Crippen LogP contribution in [0.25, 0.3) is 28.0 Å². The van der Waals surface area contributed by atoms with Crippen molar-refractivity contribution < 1.29 is 13.5 Å². The van der Waals surface area contributed by atoms with E-state index in [0.717, 1.165) is 88.7 Å². The van der Waals surface area contributed by atoms with Crippen molar-refractivity contribution >= 4 is 28.2 Å². The summed E-state index contributed by atoms with van der Waals surface area (Å²) in [4.78, 5) is 4.96. The number of rotatable bonds is 6. The third-order valence-corrected chi connectivity index (χ3v) is 12.5. The highest BCUT2D eigenvalue weighted by Gasteiger charge is 2.47. The van der Waals surface area contributed by atoms with Crippen molar-refractivity contribution in [3.05, 3.63) is 130 Å². The molecular weight excluding hydrogens is 635 g/mol. The maximum Gasteiger partial charge on any atom is 0.178 e. The Balaban J connectivity index is 1.26. The molecule has 0 aromatic heterocycles. The number of piperidine rings is 2. The van der Waals surface area contributed by atoms with Gasteiger partial charge in [-0.2, -0.15) is 0 Å². The molecule has 0 N–H and O–H groups in total. The van der Waals surface area contributed by atoms with Gasteiger partial charge in [-0.1, -0.05) is 56.3 Å². The third kappa shape index (κ3) is 5.02. The van der Waals surface area contributed by atoms with E-state index in [1.165, 1.54) is 49.9 Å². The summed E-state index contributed by atoms with van der Waals surface area (Å²) in [5.41, 5.74) is 8.42. The predicted octanol–water partition coefficient (Wildman–Crippen LogP) is 11.5. The lowest BCUT2D eigenvalue weighted by Crippen LogP contribution is -2.36. The molecule has 9 rings (SSSR count). The third-order valence-electron chi connectivity index (χ3n) is 12.5. The number of halogens is 2. The van der Waals surface area contributed by atoms with E-state index in [-0.39, 0.29) is 11.6 Å². The molecule has 5 aromatic carbocycles. The first-order chi connectivity index (χ1) is 25.0. The van der Waals surface area contributed by atoms with Crippen LogP contribution in [-0.2, 0) is 11.0 Å². The quantitative estimate of drug-likeness (QED) is 0.178. The molecule has 3 aliphatic heterocycles. The summed E-state index contributed by atoms with van der Waals surface area (Å²) >= 11 is 0. The lowest BCUT2D eigenvalue weighted by molar-refractivity contribution is 0.163. The molecule has 0 spiro atoms. The normalized spacial score (nSPS) is 18.7. The molecule has 51 heavy (non-hydrogen) atoms. The average molecular weight is 681 g/mol. The second-order valence-corrected chi connectivity index (χ2v) is 15.0. The second kappa shape index (κ2) is 12.5. The van der Waals surface area contributed by atoms with E-state index in [1.807, 2.05) is 12.1 Å². The smallest absolute Gasteiger partial charge is 0.178 e. The highest BCUT2D eigenvalue weighted by atomic mass is 19.1. The molecule has 2 saturated heterocycles. The minimum atomic E-state index is -0.944. The van der Waals surface area contributed by atoms with Crippen LogP contribution < -0.4 is 14.5 Å². The van der Waals surface area contributed by atoms with Gasteiger partial charge in [0, 0.05) is 65.0 Å². The lowest BCUT2D eigenvalue weighted by Gasteiger charge is -2.40. The van der Waals surface area contributed by atoms with Crippen LogP contribution in [-0.4, -0.2) is 26.2 Å². The Morgan fingerprint density at radius 1 is 0.627 bits per heavy atom. The number of anilines is 2. The fraction of sp³-hybridized carbons (Fsp3) is 0.348. The zero-order chi connectivity index (χ0) is 34.7. The van der Waals surface area contributed by atoms with E-state index in [9.17, 15) is 4.39 Å². The van der Waals surface area contributed by atoms with E-state index in [1.54, 1.807) is 24.3 Å². The molecular formula is C46H46F2N2O. The van der Waals surface area contributed by atoms with Gasteiger partial charge in [0.25, 0.3) is 0 Å². The summed E-state index contributed by atoms with van der Waals surface area (Å²) in [6, 6.07) is 28.1. The second-order valence-electron chi connectivity index (χ2n) is 15.0. The van der Waals surface area contributed by atoms with Gasteiger partial charge in [0.1, 0.15) is 17.4 Å². The van der Waals surface area contributed by atoms with Gasteiger partial charge >= 0.3 is 0 Å². The Bertz CT molecular complexity index is 2070. The number of hydrogen-bond acceptors (Lipinski definition) is 3. The highest BCUT2D eigenvalue weighted by Crippen LogP contribution is 2.60. The van der Waals surface area contributed by atoms with Crippen LogP contribution in [0, 0.1) is 11.6 Å². The minimum absolute atomic E-state index is 0.233. The number of benzene rings is 5. The van der Waals surface area contributed by atoms with Crippen molar-refractivity contribution in [2.24, 2.45) is 0 Å². The number of nitrogens with zero attached hydrogens (tertiary/aromatic N) is 2. The van der Waals surface area contributed by atoms with Crippen molar-refractivity contribution in [2.45, 2.75) is 76.2 Å².